The fraction of sp³-hybridized carbons (Fsp3) is 0.824. The minimum Gasteiger partial charge on any atom is -0.356 e. The van der Waals surface area contributed by atoms with Crippen molar-refractivity contribution in [3.8, 4) is 0 Å². The fourth-order valence-electron chi connectivity index (χ4n) is 3.79. The summed E-state index contributed by atoms with van der Waals surface area (Å²) in [4.78, 5) is 7.85. The molecule has 1 N–H and O–H groups in total. The highest BCUT2D eigenvalue weighted by Gasteiger charge is 2.41. The van der Waals surface area contributed by atoms with Crippen molar-refractivity contribution in [3.63, 3.8) is 0 Å². The molecule has 1 aromatic rings. The number of rotatable bonds is 3. The number of nitrogens with zero attached hydrogens (tertiary/aromatic N) is 6. The van der Waals surface area contributed by atoms with Gasteiger partial charge in [-0.05, 0) is 26.2 Å². The Bertz CT molecular complexity index is 662. The lowest BCUT2D eigenvalue weighted by molar-refractivity contribution is -0.181. The molecule has 0 spiro atoms. The zero-order valence-corrected chi connectivity index (χ0v) is 16.1. The summed E-state index contributed by atoms with van der Waals surface area (Å²) in [6, 6.07) is -1.40. The molecule has 1 fully saturated rings. The molecule has 0 saturated carbocycles. The Morgan fingerprint density at radius 1 is 1.26 bits per heavy atom. The molecule has 2 unspecified atom stereocenters. The van der Waals surface area contributed by atoms with Gasteiger partial charge in [0.25, 0.3) is 0 Å². The molecule has 1 aromatic heterocycles. The van der Waals surface area contributed by atoms with Crippen molar-refractivity contribution >= 4 is 5.96 Å². The van der Waals surface area contributed by atoms with E-state index in [2.05, 4.69) is 25.1 Å². The summed E-state index contributed by atoms with van der Waals surface area (Å²) in [7, 11) is 1.72. The molecule has 10 heteroatoms. The van der Waals surface area contributed by atoms with Crippen LogP contribution in [-0.4, -0.2) is 82.5 Å². The lowest BCUT2D eigenvalue weighted by Crippen LogP contribution is -2.57. The summed E-state index contributed by atoms with van der Waals surface area (Å²) in [5.41, 5.74) is 0. The third kappa shape index (κ3) is 4.53. The molecule has 0 amide bonds. The van der Waals surface area contributed by atoms with Crippen molar-refractivity contribution in [3.05, 3.63) is 11.6 Å². The van der Waals surface area contributed by atoms with E-state index in [0.717, 1.165) is 43.5 Å². The van der Waals surface area contributed by atoms with Gasteiger partial charge in [-0.25, -0.2) is 0 Å². The van der Waals surface area contributed by atoms with Crippen molar-refractivity contribution in [1.29, 1.82) is 0 Å². The highest BCUT2D eigenvalue weighted by atomic mass is 19.4. The van der Waals surface area contributed by atoms with E-state index in [0.29, 0.717) is 32.1 Å². The van der Waals surface area contributed by atoms with Gasteiger partial charge in [0.05, 0.1) is 0 Å². The first-order chi connectivity index (χ1) is 12.8. The molecule has 0 aromatic carbocycles. The van der Waals surface area contributed by atoms with Crippen LogP contribution < -0.4 is 5.32 Å². The molecule has 0 radical (unpaired) electrons. The molecule has 2 atom stereocenters. The molecular weight excluding hydrogens is 359 g/mol. The fourth-order valence-corrected chi connectivity index (χ4v) is 3.79. The Morgan fingerprint density at radius 2 is 1.96 bits per heavy atom. The predicted molar refractivity (Wildman–Crippen MR) is 96.6 cm³/mol. The van der Waals surface area contributed by atoms with E-state index >= 15 is 0 Å². The third-order valence-electron chi connectivity index (χ3n) is 5.63. The number of guanidine groups is 1. The maximum absolute atomic E-state index is 12.9. The number of aromatic nitrogens is 3. The quantitative estimate of drug-likeness (QED) is 0.626. The predicted octanol–water partition coefficient (Wildman–Crippen LogP) is 1.29. The van der Waals surface area contributed by atoms with E-state index in [1.165, 1.54) is 11.8 Å². The van der Waals surface area contributed by atoms with Crippen LogP contribution in [0.4, 0.5) is 13.2 Å². The highest BCUT2D eigenvalue weighted by molar-refractivity contribution is 5.80. The maximum atomic E-state index is 12.9. The molecule has 3 rings (SSSR count). The van der Waals surface area contributed by atoms with Crippen LogP contribution in [0.2, 0.25) is 0 Å². The van der Waals surface area contributed by atoms with Crippen LogP contribution in [0, 0.1) is 12.8 Å². The zero-order valence-electron chi connectivity index (χ0n) is 16.1. The van der Waals surface area contributed by atoms with Crippen molar-refractivity contribution in [2.75, 3.05) is 39.8 Å². The molecule has 1 saturated heterocycles. The summed E-state index contributed by atoms with van der Waals surface area (Å²) in [5, 5.41) is 11.7. The molecule has 2 aliphatic rings. The number of aryl methyl sites for hydroxylation is 2. The molecule has 2 aliphatic heterocycles. The number of hydrogen-bond donors (Lipinski definition) is 1. The van der Waals surface area contributed by atoms with Crippen LogP contribution in [0.15, 0.2) is 4.99 Å². The highest BCUT2D eigenvalue weighted by Crippen LogP contribution is 2.25. The summed E-state index contributed by atoms with van der Waals surface area (Å²) in [5.74, 6) is 3.20. The zero-order chi connectivity index (χ0) is 19.6. The van der Waals surface area contributed by atoms with Crippen LogP contribution >= 0.6 is 0 Å². The summed E-state index contributed by atoms with van der Waals surface area (Å²) < 4.78 is 40.8. The molecule has 152 valence electrons. The molecule has 27 heavy (non-hydrogen) atoms. The van der Waals surface area contributed by atoms with Gasteiger partial charge in [-0.15, -0.1) is 10.2 Å². The van der Waals surface area contributed by atoms with E-state index in [9.17, 15) is 13.2 Å². The topological polar surface area (TPSA) is 61.6 Å². The van der Waals surface area contributed by atoms with Crippen LogP contribution in [-0.2, 0) is 13.0 Å². The molecule has 0 bridgehead atoms. The smallest absolute Gasteiger partial charge is 0.356 e. The standard InChI is InChI=1S/C17H28F3N7/c1-12(17(18,19)20)25-6-8-26(9-7-25)16(21-3)22-10-14-4-5-15-24-23-13(2)27(15)11-14/h12,14H,4-11H2,1-3H3,(H,21,22). The normalized spacial score (nSPS) is 23.3. The van der Waals surface area contributed by atoms with Crippen molar-refractivity contribution in [2.24, 2.45) is 10.9 Å². The van der Waals surface area contributed by atoms with Gasteiger partial charge in [-0.2, -0.15) is 13.2 Å². The van der Waals surface area contributed by atoms with E-state index in [-0.39, 0.29) is 0 Å². The Kier molecular flexibility index (Phi) is 5.92. The molecule has 3 heterocycles. The largest absolute Gasteiger partial charge is 0.403 e. The number of aliphatic imine (C=N–C) groups is 1. The second kappa shape index (κ2) is 8.04. The summed E-state index contributed by atoms with van der Waals surface area (Å²) in [6.45, 7) is 6.71. The summed E-state index contributed by atoms with van der Waals surface area (Å²) >= 11 is 0. The van der Waals surface area contributed by atoms with E-state index in [1.54, 1.807) is 7.05 Å². The number of fused-ring (bicyclic) bond motifs is 1. The van der Waals surface area contributed by atoms with Crippen LogP contribution in [0.3, 0.4) is 0 Å². The van der Waals surface area contributed by atoms with Gasteiger partial charge < -0.3 is 14.8 Å². The summed E-state index contributed by atoms with van der Waals surface area (Å²) in [6.07, 6.45) is -2.22. The van der Waals surface area contributed by atoms with Crippen LogP contribution in [0.5, 0.6) is 0 Å². The molecular formula is C17H28F3N7. The average molecular weight is 387 g/mol. The third-order valence-corrected chi connectivity index (χ3v) is 5.63. The van der Waals surface area contributed by atoms with E-state index in [1.807, 2.05) is 11.8 Å². The van der Waals surface area contributed by atoms with Gasteiger partial charge >= 0.3 is 6.18 Å². The number of alkyl halides is 3. The monoisotopic (exact) mass is 387 g/mol. The number of nitrogens with one attached hydrogen (secondary N) is 1. The van der Waals surface area contributed by atoms with Crippen LogP contribution in [0.25, 0.3) is 0 Å². The van der Waals surface area contributed by atoms with E-state index < -0.39 is 12.2 Å². The number of hydrogen-bond acceptors (Lipinski definition) is 4. The van der Waals surface area contributed by atoms with E-state index in [4.69, 9.17) is 0 Å². The van der Waals surface area contributed by atoms with Gasteiger partial charge in [0.2, 0.25) is 0 Å². The second-order valence-corrected chi connectivity index (χ2v) is 7.35. The minimum absolute atomic E-state index is 0.383. The van der Waals surface area contributed by atoms with Gasteiger partial charge in [-0.3, -0.25) is 9.89 Å². The Morgan fingerprint density at radius 3 is 2.59 bits per heavy atom. The first-order valence-electron chi connectivity index (χ1n) is 9.44. The number of piperazine rings is 1. The lowest BCUT2D eigenvalue weighted by atomic mass is 9.99. The first kappa shape index (κ1) is 19.9. The number of halogens is 3. The average Bonchev–Trinajstić information content (AvgIpc) is 3.02. The Labute approximate surface area is 157 Å². The molecule has 0 aliphatic carbocycles. The first-order valence-corrected chi connectivity index (χ1v) is 9.44. The van der Waals surface area contributed by atoms with Crippen molar-refractivity contribution < 1.29 is 13.2 Å². The Hall–Kier alpha value is -1.84. The van der Waals surface area contributed by atoms with Crippen LogP contribution in [0.1, 0.15) is 25.0 Å². The van der Waals surface area contributed by atoms with Gasteiger partial charge in [0.1, 0.15) is 17.7 Å². The Balaban J connectivity index is 1.49. The molecule has 7 nitrogen and oxygen atoms in total. The van der Waals surface area contributed by atoms with Gasteiger partial charge in [0.15, 0.2) is 5.96 Å². The van der Waals surface area contributed by atoms with Gasteiger partial charge in [-0.1, -0.05) is 0 Å². The second-order valence-electron chi connectivity index (χ2n) is 7.35. The van der Waals surface area contributed by atoms with Gasteiger partial charge in [0, 0.05) is 52.7 Å². The maximum Gasteiger partial charge on any atom is 0.403 e. The van der Waals surface area contributed by atoms with Crippen molar-refractivity contribution in [1.82, 2.24) is 29.9 Å². The lowest BCUT2D eigenvalue weighted by Gasteiger charge is -2.40. The minimum atomic E-state index is -4.18. The van der Waals surface area contributed by atoms with Crippen molar-refractivity contribution in [2.45, 2.75) is 45.5 Å². The SMILES string of the molecule is CN=C(NCC1CCc2nnc(C)n2C1)N1CCN(C(C)C(F)(F)F)CC1.